The summed E-state index contributed by atoms with van der Waals surface area (Å²) < 4.78 is 5.69. The molecule has 2 rings (SSSR count). The Morgan fingerprint density at radius 1 is 1.41 bits per heavy atom. The van der Waals surface area contributed by atoms with Crippen LogP contribution in [0.4, 0.5) is 0 Å². The van der Waals surface area contributed by atoms with Crippen LogP contribution in [0.2, 0.25) is 0 Å². The Morgan fingerprint density at radius 3 is 2.68 bits per heavy atom. The lowest BCUT2D eigenvalue weighted by Gasteiger charge is -2.26. The largest absolute Gasteiger partial charge is 0.462 e. The van der Waals surface area contributed by atoms with E-state index in [-0.39, 0.29) is 18.7 Å². The van der Waals surface area contributed by atoms with Crippen LogP contribution in [0.3, 0.4) is 0 Å². The maximum absolute atomic E-state index is 12.4. The molecule has 0 aromatic heterocycles. The molecule has 1 N–H and O–H groups in total. The highest BCUT2D eigenvalue weighted by Gasteiger charge is 2.28. The van der Waals surface area contributed by atoms with Crippen molar-refractivity contribution in [1.29, 1.82) is 0 Å². The second-order valence-corrected chi connectivity index (χ2v) is 6.13. The Hall–Kier alpha value is -1.39. The van der Waals surface area contributed by atoms with E-state index in [0.29, 0.717) is 6.04 Å². The summed E-state index contributed by atoms with van der Waals surface area (Å²) in [7, 11) is 2.13. The molecular formula is C18H27NO3. The van der Waals surface area contributed by atoms with Gasteiger partial charge < -0.3 is 14.7 Å². The summed E-state index contributed by atoms with van der Waals surface area (Å²) in [6.45, 7) is 2.95. The molecule has 1 unspecified atom stereocenters. The van der Waals surface area contributed by atoms with Gasteiger partial charge in [0.15, 0.2) is 0 Å². The van der Waals surface area contributed by atoms with Gasteiger partial charge in [0.05, 0.1) is 6.61 Å². The highest BCUT2D eigenvalue weighted by Crippen LogP contribution is 2.24. The number of hydrogen-bond acceptors (Lipinski definition) is 4. The Morgan fingerprint density at radius 2 is 2.14 bits per heavy atom. The second kappa shape index (κ2) is 8.30. The minimum atomic E-state index is -0.587. The topological polar surface area (TPSA) is 49.8 Å². The molecule has 122 valence electrons. The van der Waals surface area contributed by atoms with Gasteiger partial charge in [0, 0.05) is 6.04 Å². The lowest BCUT2D eigenvalue weighted by atomic mass is 10.00. The van der Waals surface area contributed by atoms with Gasteiger partial charge in [-0.15, -0.1) is 0 Å². The summed E-state index contributed by atoms with van der Waals surface area (Å²) in [6, 6.07) is 9.85. The van der Waals surface area contributed by atoms with Gasteiger partial charge in [0.25, 0.3) is 0 Å². The van der Waals surface area contributed by atoms with E-state index in [4.69, 9.17) is 4.74 Å². The zero-order chi connectivity index (χ0) is 15.9. The molecule has 0 aliphatic carbocycles. The van der Waals surface area contributed by atoms with Crippen LogP contribution in [0, 0.1) is 0 Å². The van der Waals surface area contributed by atoms with Crippen molar-refractivity contribution in [2.75, 3.05) is 20.2 Å². The maximum Gasteiger partial charge on any atom is 0.316 e. The summed E-state index contributed by atoms with van der Waals surface area (Å²) in [5.41, 5.74) is 0.808. The second-order valence-electron chi connectivity index (χ2n) is 6.13. The summed E-state index contributed by atoms with van der Waals surface area (Å²) in [6.07, 6.45) is 4.01. The molecule has 1 aliphatic heterocycles. The molecule has 1 heterocycles. The number of ether oxygens (including phenoxy) is 1. The molecule has 1 aromatic rings. The molecule has 0 radical (unpaired) electrons. The first-order chi connectivity index (χ1) is 10.7. The normalized spacial score (nSPS) is 21.5. The van der Waals surface area contributed by atoms with Crippen LogP contribution in [0.15, 0.2) is 30.3 Å². The zero-order valence-corrected chi connectivity index (χ0v) is 13.6. The number of aliphatic hydroxyl groups excluding tert-OH is 1. The summed E-state index contributed by atoms with van der Waals surface area (Å²) in [5, 5.41) is 9.55. The lowest BCUT2D eigenvalue weighted by molar-refractivity contribution is -0.153. The molecule has 0 saturated carbocycles. The van der Waals surface area contributed by atoms with E-state index in [1.807, 2.05) is 37.3 Å². The molecule has 1 saturated heterocycles. The van der Waals surface area contributed by atoms with E-state index < -0.39 is 5.92 Å². The van der Waals surface area contributed by atoms with Gasteiger partial charge in [-0.1, -0.05) is 37.3 Å². The third-order valence-corrected chi connectivity index (χ3v) is 4.61. The van der Waals surface area contributed by atoms with Gasteiger partial charge in [0.1, 0.15) is 12.0 Å². The Kier molecular flexibility index (Phi) is 6.40. The number of rotatable bonds is 7. The molecule has 0 bridgehead atoms. The number of carbonyl (C=O) groups is 1. The quantitative estimate of drug-likeness (QED) is 0.787. The van der Waals surface area contributed by atoms with Crippen LogP contribution < -0.4 is 0 Å². The highest BCUT2D eigenvalue weighted by molar-refractivity contribution is 5.78. The van der Waals surface area contributed by atoms with E-state index in [0.717, 1.165) is 24.9 Å². The van der Waals surface area contributed by atoms with Crippen LogP contribution >= 0.6 is 0 Å². The summed E-state index contributed by atoms with van der Waals surface area (Å²) in [4.78, 5) is 14.7. The van der Waals surface area contributed by atoms with E-state index in [2.05, 4.69) is 11.9 Å². The monoisotopic (exact) mass is 305 g/mol. The van der Waals surface area contributed by atoms with Crippen molar-refractivity contribution in [3.63, 3.8) is 0 Å². The van der Waals surface area contributed by atoms with Gasteiger partial charge in [0.2, 0.25) is 0 Å². The fourth-order valence-corrected chi connectivity index (χ4v) is 3.13. The summed E-state index contributed by atoms with van der Waals surface area (Å²) in [5.74, 6) is -0.905. The Bertz CT molecular complexity index is 463. The Labute approximate surface area is 133 Å². The first-order valence-electron chi connectivity index (χ1n) is 8.22. The van der Waals surface area contributed by atoms with Gasteiger partial charge in [-0.05, 0) is 44.8 Å². The first-order valence-corrected chi connectivity index (χ1v) is 8.22. The maximum atomic E-state index is 12.4. The van der Waals surface area contributed by atoms with Crippen LogP contribution in [0.5, 0.6) is 0 Å². The third-order valence-electron chi connectivity index (χ3n) is 4.61. The van der Waals surface area contributed by atoms with Crippen molar-refractivity contribution in [2.45, 2.75) is 50.7 Å². The molecular weight excluding hydrogens is 278 g/mol. The predicted octanol–water partition coefficient (Wildman–Crippen LogP) is 2.57. The SMILES string of the molecule is CC[C@H](C[C@@H]1CCCN1C)OC(=O)C(CO)c1ccccc1. The minimum Gasteiger partial charge on any atom is -0.462 e. The molecule has 1 fully saturated rings. The van der Waals surface area contributed by atoms with Gasteiger partial charge in [-0.2, -0.15) is 0 Å². The molecule has 1 aromatic carbocycles. The van der Waals surface area contributed by atoms with Crippen molar-refractivity contribution >= 4 is 5.97 Å². The third kappa shape index (κ3) is 4.31. The molecule has 3 atom stereocenters. The van der Waals surface area contributed by atoms with Crippen LogP contribution in [0.1, 0.15) is 44.1 Å². The van der Waals surface area contributed by atoms with Gasteiger partial charge in [-0.25, -0.2) is 0 Å². The van der Waals surface area contributed by atoms with E-state index in [1.165, 1.54) is 12.8 Å². The summed E-state index contributed by atoms with van der Waals surface area (Å²) >= 11 is 0. The molecule has 1 aliphatic rings. The molecule has 0 amide bonds. The van der Waals surface area contributed by atoms with E-state index >= 15 is 0 Å². The van der Waals surface area contributed by atoms with Crippen molar-refractivity contribution in [1.82, 2.24) is 4.90 Å². The van der Waals surface area contributed by atoms with Crippen LogP contribution in [-0.2, 0) is 9.53 Å². The number of carbonyl (C=O) groups excluding carboxylic acids is 1. The van der Waals surface area contributed by atoms with E-state index in [9.17, 15) is 9.90 Å². The van der Waals surface area contributed by atoms with Gasteiger partial charge in [-0.3, -0.25) is 4.79 Å². The van der Waals surface area contributed by atoms with Crippen LogP contribution in [-0.4, -0.2) is 48.3 Å². The molecule has 4 heteroatoms. The standard InChI is InChI=1S/C18H27NO3/c1-3-16(12-15-10-7-11-19(15)2)22-18(21)17(13-20)14-8-5-4-6-9-14/h4-6,8-9,15-17,20H,3,7,10-13H2,1-2H3/t15-,16+,17?/m0/s1. The molecule has 22 heavy (non-hydrogen) atoms. The van der Waals surface area contributed by atoms with Crippen molar-refractivity contribution in [2.24, 2.45) is 0 Å². The predicted molar refractivity (Wildman–Crippen MR) is 86.7 cm³/mol. The first kappa shape index (κ1) is 17.0. The van der Waals surface area contributed by atoms with Crippen molar-refractivity contribution in [3.05, 3.63) is 35.9 Å². The average molecular weight is 305 g/mol. The smallest absolute Gasteiger partial charge is 0.316 e. The Balaban J connectivity index is 1.95. The fourth-order valence-electron chi connectivity index (χ4n) is 3.13. The number of nitrogens with zero attached hydrogens (tertiary/aromatic N) is 1. The number of benzene rings is 1. The fraction of sp³-hybridized carbons (Fsp3) is 0.611. The average Bonchev–Trinajstić information content (AvgIpc) is 2.93. The minimum absolute atomic E-state index is 0.0733. The number of esters is 1. The molecule has 4 nitrogen and oxygen atoms in total. The van der Waals surface area contributed by atoms with Crippen molar-refractivity contribution in [3.8, 4) is 0 Å². The number of aliphatic hydroxyl groups is 1. The number of hydrogen-bond donors (Lipinski definition) is 1. The van der Waals surface area contributed by atoms with E-state index in [1.54, 1.807) is 0 Å². The van der Waals surface area contributed by atoms with Gasteiger partial charge >= 0.3 is 5.97 Å². The van der Waals surface area contributed by atoms with Crippen LogP contribution in [0.25, 0.3) is 0 Å². The zero-order valence-electron chi connectivity index (χ0n) is 13.6. The highest BCUT2D eigenvalue weighted by atomic mass is 16.5. The molecule has 0 spiro atoms. The van der Waals surface area contributed by atoms with Crippen molar-refractivity contribution < 1.29 is 14.6 Å². The number of likely N-dealkylation sites (tertiary alicyclic amines) is 1. The lowest BCUT2D eigenvalue weighted by Crippen LogP contribution is -2.32.